The Labute approximate surface area is 150 Å². The fourth-order valence-electron chi connectivity index (χ4n) is 2.64. The molecule has 0 radical (unpaired) electrons. The van der Waals surface area contributed by atoms with E-state index >= 15 is 0 Å². The lowest BCUT2D eigenvalue weighted by molar-refractivity contribution is -0.0496. The van der Waals surface area contributed by atoms with Gasteiger partial charge in [-0.1, -0.05) is 6.07 Å². The second kappa shape index (κ2) is 8.67. The standard InChI is InChI=1S/C15H22F3N5O2S/c1-19-14(22-11-13-4-2-3-7-20-13)21-10-12-5-8-23(9-6-12)26(24,25)15(16,17)18/h2-4,7,12H,5-6,8-11H2,1H3,(H2,19,21,22). The lowest BCUT2D eigenvalue weighted by Crippen LogP contribution is -2.47. The number of pyridine rings is 1. The van der Waals surface area contributed by atoms with Crippen LogP contribution >= 0.6 is 0 Å². The van der Waals surface area contributed by atoms with Crippen molar-refractivity contribution in [2.24, 2.45) is 10.9 Å². The molecular weight excluding hydrogens is 371 g/mol. The van der Waals surface area contributed by atoms with Gasteiger partial charge in [-0.2, -0.15) is 17.5 Å². The highest BCUT2D eigenvalue weighted by Crippen LogP contribution is 2.30. The number of rotatable bonds is 5. The maximum Gasteiger partial charge on any atom is 0.511 e. The fourth-order valence-corrected chi connectivity index (χ4v) is 3.62. The molecule has 26 heavy (non-hydrogen) atoms. The lowest BCUT2D eigenvalue weighted by Gasteiger charge is -2.31. The first-order chi connectivity index (χ1) is 12.2. The molecule has 0 spiro atoms. The zero-order valence-electron chi connectivity index (χ0n) is 14.3. The molecule has 1 aliphatic heterocycles. The van der Waals surface area contributed by atoms with Gasteiger partial charge in [0.2, 0.25) is 0 Å². The third-order valence-corrected chi connectivity index (χ3v) is 5.78. The maximum absolute atomic E-state index is 12.6. The number of hydrogen-bond donors (Lipinski definition) is 2. The van der Waals surface area contributed by atoms with Crippen LogP contribution in [0.5, 0.6) is 0 Å². The molecule has 0 aliphatic carbocycles. The molecule has 11 heteroatoms. The van der Waals surface area contributed by atoms with Gasteiger partial charge in [-0.3, -0.25) is 9.98 Å². The average Bonchev–Trinajstić information content (AvgIpc) is 2.62. The highest BCUT2D eigenvalue weighted by atomic mass is 32.2. The molecular formula is C15H22F3N5O2S. The first-order valence-corrected chi connectivity index (χ1v) is 9.59. The quantitative estimate of drug-likeness (QED) is 0.582. The first kappa shape index (κ1) is 20.4. The number of nitrogens with one attached hydrogen (secondary N) is 2. The van der Waals surface area contributed by atoms with Crippen LogP contribution in [-0.2, 0) is 16.6 Å². The number of nitrogens with zero attached hydrogens (tertiary/aromatic N) is 3. The monoisotopic (exact) mass is 393 g/mol. The molecule has 0 amide bonds. The second-order valence-electron chi connectivity index (χ2n) is 5.92. The molecule has 1 aromatic heterocycles. The summed E-state index contributed by atoms with van der Waals surface area (Å²) in [7, 11) is -3.61. The Morgan fingerprint density at radius 2 is 2.00 bits per heavy atom. The van der Waals surface area contributed by atoms with Gasteiger partial charge in [-0.05, 0) is 30.9 Å². The summed E-state index contributed by atoms with van der Waals surface area (Å²) in [4.78, 5) is 8.27. The highest BCUT2D eigenvalue weighted by Gasteiger charge is 2.50. The predicted molar refractivity (Wildman–Crippen MR) is 91.7 cm³/mol. The number of alkyl halides is 3. The van der Waals surface area contributed by atoms with Crippen LogP contribution in [0.4, 0.5) is 13.2 Å². The van der Waals surface area contributed by atoms with Crippen molar-refractivity contribution >= 4 is 16.0 Å². The minimum Gasteiger partial charge on any atom is -0.356 e. The Morgan fingerprint density at radius 1 is 1.31 bits per heavy atom. The van der Waals surface area contributed by atoms with E-state index in [2.05, 4.69) is 20.6 Å². The molecule has 0 aromatic carbocycles. The summed E-state index contributed by atoms with van der Waals surface area (Å²) in [6.07, 6.45) is 2.41. The minimum absolute atomic E-state index is 0.0723. The molecule has 1 fully saturated rings. The van der Waals surface area contributed by atoms with Crippen molar-refractivity contribution in [1.82, 2.24) is 19.9 Å². The van der Waals surface area contributed by atoms with Crippen molar-refractivity contribution in [2.75, 3.05) is 26.7 Å². The molecule has 1 aliphatic rings. The van der Waals surface area contributed by atoms with Gasteiger partial charge in [0.1, 0.15) is 0 Å². The van der Waals surface area contributed by atoms with E-state index < -0.39 is 15.5 Å². The third kappa shape index (κ3) is 5.31. The number of halogens is 3. The van der Waals surface area contributed by atoms with Crippen molar-refractivity contribution in [1.29, 1.82) is 0 Å². The molecule has 0 bridgehead atoms. The molecule has 2 heterocycles. The van der Waals surface area contributed by atoms with Crippen molar-refractivity contribution in [3.05, 3.63) is 30.1 Å². The van der Waals surface area contributed by atoms with E-state index in [1.54, 1.807) is 13.2 Å². The van der Waals surface area contributed by atoms with E-state index in [0.29, 0.717) is 36.2 Å². The fraction of sp³-hybridized carbons (Fsp3) is 0.600. The summed E-state index contributed by atoms with van der Waals surface area (Å²) in [5, 5.41) is 6.21. The van der Waals surface area contributed by atoms with Crippen LogP contribution in [0.25, 0.3) is 0 Å². The molecule has 2 N–H and O–H groups in total. The summed E-state index contributed by atoms with van der Waals surface area (Å²) < 4.78 is 61.0. The summed E-state index contributed by atoms with van der Waals surface area (Å²) >= 11 is 0. The number of guanidine groups is 1. The Kier molecular flexibility index (Phi) is 6.81. The van der Waals surface area contributed by atoms with Gasteiger partial charge < -0.3 is 10.6 Å². The first-order valence-electron chi connectivity index (χ1n) is 8.15. The highest BCUT2D eigenvalue weighted by molar-refractivity contribution is 7.90. The molecule has 1 aromatic rings. The third-order valence-electron chi connectivity index (χ3n) is 4.15. The van der Waals surface area contributed by atoms with Crippen LogP contribution in [0.15, 0.2) is 29.4 Å². The Bertz CT molecular complexity index is 702. The van der Waals surface area contributed by atoms with Crippen molar-refractivity contribution < 1.29 is 21.6 Å². The topological polar surface area (TPSA) is 86.7 Å². The molecule has 0 unspecified atom stereocenters. The van der Waals surface area contributed by atoms with Crippen LogP contribution in [-0.4, -0.2) is 55.9 Å². The van der Waals surface area contributed by atoms with Crippen LogP contribution in [0.1, 0.15) is 18.5 Å². The number of hydrogen-bond acceptors (Lipinski definition) is 4. The van der Waals surface area contributed by atoms with Gasteiger partial charge in [-0.15, -0.1) is 0 Å². The van der Waals surface area contributed by atoms with Gasteiger partial charge in [0.15, 0.2) is 5.96 Å². The molecule has 0 atom stereocenters. The predicted octanol–water partition coefficient (Wildman–Crippen LogP) is 1.31. The number of piperidine rings is 1. The minimum atomic E-state index is -5.24. The van der Waals surface area contributed by atoms with Gasteiger partial charge >= 0.3 is 15.5 Å². The van der Waals surface area contributed by atoms with Crippen LogP contribution in [0.3, 0.4) is 0 Å². The van der Waals surface area contributed by atoms with Crippen molar-refractivity contribution in [3.8, 4) is 0 Å². The van der Waals surface area contributed by atoms with Gasteiger partial charge in [0.05, 0.1) is 12.2 Å². The Hall–Kier alpha value is -1.88. The number of aromatic nitrogens is 1. The molecule has 2 rings (SSSR count). The van der Waals surface area contributed by atoms with Gasteiger partial charge in [-0.25, -0.2) is 8.42 Å². The average molecular weight is 393 g/mol. The van der Waals surface area contributed by atoms with Gasteiger partial charge in [0, 0.05) is 32.9 Å². The molecule has 1 saturated heterocycles. The number of sulfonamides is 1. The van der Waals surface area contributed by atoms with E-state index in [0.717, 1.165) is 5.69 Å². The zero-order chi connectivity index (χ0) is 19.2. The molecule has 7 nitrogen and oxygen atoms in total. The van der Waals surface area contributed by atoms with E-state index in [9.17, 15) is 21.6 Å². The second-order valence-corrected chi connectivity index (χ2v) is 7.85. The van der Waals surface area contributed by atoms with Gasteiger partial charge in [0.25, 0.3) is 0 Å². The van der Waals surface area contributed by atoms with Crippen LogP contribution < -0.4 is 10.6 Å². The molecule has 146 valence electrons. The van der Waals surface area contributed by atoms with E-state index in [-0.39, 0.29) is 19.0 Å². The largest absolute Gasteiger partial charge is 0.511 e. The van der Waals surface area contributed by atoms with E-state index in [1.807, 2.05) is 18.2 Å². The molecule has 0 saturated carbocycles. The SMILES string of the molecule is CN=C(NCc1ccccn1)NCC1CCN(S(=O)(=O)C(F)(F)F)CC1. The number of aliphatic imine (C=N–C) groups is 1. The smallest absolute Gasteiger partial charge is 0.356 e. The van der Waals surface area contributed by atoms with E-state index in [1.165, 1.54) is 0 Å². The van der Waals surface area contributed by atoms with Crippen LogP contribution in [0.2, 0.25) is 0 Å². The lowest BCUT2D eigenvalue weighted by atomic mass is 9.98. The normalized spacial score (nSPS) is 17.9. The summed E-state index contributed by atoms with van der Waals surface area (Å²) in [6, 6.07) is 5.57. The summed E-state index contributed by atoms with van der Waals surface area (Å²) in [6.45, 7) is 0.729. The van der Waals surface area contributed by atoms with E-state index in [4.69, 9.17) is 0 Å². The summed E-state index contributed by atoms with van der Waals surface area (Å²) in [5.41, 5.74) is -4.39. The van der Waals surface area contributed by atoms with Crippen molar-refractivity contribution in [2.45, 2.75) is 24.9 Å². The Balaban J connectivity index is 1.77. The maximum atomic E-state index is 12.6. The van der Waals surface area contributed by atoms with Crippen molar-refractivity contribution in [3.63, 3.8) is 0 Å². The Morgan fingerprint density at radius 3 is 2.54 bits per heavy atom. The summed E-state index contributed by atoms with van der Waals surface area (Å²) in [5.74, 6) is 0.629. The zero-order valence-corrected chi connectivity index (χ0v) is 15.1. The van der Waals surface area contributed by atoms with Crippen LogP contribution in [0, 0.1) is 5.92 Å².